The number of halogens is 1. The molecule has 0 saturated carbocycles. The lowest BCUT2D eigenvalue weighted by Gasteiger charge is -2.18. The lowest BCUT2D eigenvalue weighted by Crippen LogP contribution is -2.31. The van der Waals surface area contributed by atoms with Crippen LogP contribution in [-0.4, -0.2) is 33.6 Å². The maximum Gasteiger partial charge on any atom is 0.327 e. The van der Waals surface area contributed by atoms with Crippen LogP contribution in [0.15, 0.2) is 47.7 Å². The minimum absolute atomic E-state index is 0.260. The van der Waals surface area contributed by atoms with Crippen molar-refractivity contribution >= 4 is 29.5 Å². The Morgan fingerprint density at radius 2 is 2.27 bits per heavy atom. The molecule has 3 rings (SSSR count). The molecular formula is C15H14ClN5O. The van der Waals surface area contributed by atoms with Crippen molar-refractivity contribution < 1.29 is 4.79 Å². The van der Waals surface area contributed by atoms with E-state index in [0.29, 0.717) is 17.4 Å². The van der Waals surface area contributed by atoms with E-state index < -0.39 is 0 Å². The molecule has 6 nitrogen and oxygen atoms in total. The van der Waals surface area contributed by atoms with Crippen molar-refractivity contribution in [3.8, 4) is 11.3 Å². The first kappa shape index (κ1) is 14.3. The summed E-state index contributed by atoms with van der Waals surface area (Å²) in [6.45, 7) is 0.301. The zero-order chi connectivity index (χ0) is 15.5. The zero-order valence-corrected chi connectivity index (χ0v) is 12.7. The van der Waals surface area contributed by atoms with E-state index in [4.69, 9.17) is 11.6 Å². The van der Waals surface area contributed by atoms with Crippen molar-refractivity contribution in [3.05, 3.63) is 47.8 Å². The number of nitrogens with zero attached hydrogens (tertiary/aromatic N) is 4. The van der Waals surface area contributed by atoms with Crippen LogP contribution in [0.25, 0.3) is 11.3 Å². The maximum absolute atomic E-state index is 12.3. The number of amides is 2. The molecule has 1 N–H and O–H groups in total. The van der Waals surface area contributed by atoms with Gasteiger partial charge in [-0.1, -0.05) is 23.7 Å². The molecule has 0 bridgehead atoms. The van der Waals surface area contributed by atoms with E-state index in [0.717, 1.165) is 11.3 Å². The van der Waals surface area contributed by atoms with Crippen LogP contribution >= 0.6 is 11.6 Å². The second-order valence-corrected chi connectivity index (χ2v) is 5.19. The van der Waals surface area contributed by atoms with Crippen LogP contribution in [0.2, 0.25) is 5.02 Å². The molecule has 2 aromatic rings. The van der Waals surface area contributed by atoms with Gasteiger partial charge >= 0.3 is 6.03 Å². The molecule has 0 unspecified atom stereocenters. The Bertz CT molecular complexity index is 765. The molecule has 0 atom stereocenters. The number of hydrogen-bond acceptors (Lipinski definition) is 3. The Morgan fingerprint density at radius 1 is 1.41 bits per heavy atom. The standard InChI is InChI=1S/C15H14ClN5O/c1-20-14(11-4-2-5-12(16)8-11)13(9-18-20)19-15(22)21-7-3-6-17-10-21/h2-9H,10H2,1H3,(H,19,22). The minimum atomic E-state index is -0.260. The number of rotatable bonds is 2. The molecule has 0 aliphatic carbocycles. The van der Waals surface area contributed by atoms with E-state index in [-0.39, 0.29) is 6.03 Å². The first-order chi connectivity index (χ1) is 10.6. The highest BCUT2D eigenvalue weighted by Gasteiger charge is 2.17. The first-order valence-corrected chi connectivity index (χ1v) is 7.05. The lowest BCUT2D eigenvalue weighted by atomic mass is 10.1. The summed E-state index contributed by atoms with van der Waals surface area (Å²) in [5.74, 6) is 0. The summed E-state index contributed by atoms with van der Waals surface area (Å²) in [6.07, 6.45) is 6.66. The number of aryl methyl sites for hydroxylation is 1. The van der Waals surface area contributed by atoms with Crippen molar-refractivity contribution in [2.24, 2.45) is 12.0 Å². The second-order valence-electron chi connectivity index (χ2n) is 4.76. The summed E-state index contributed by atoms with van der Waals surface area (Å²) in [5, 5.41) is 7.70. The largest absolute Gasteiger partial charge is 0.327 e. The smallest absolute Gasteiger partial charge is 0.304 e. The van der Waals surface area contributed by atoms with Crippen LogP contribution in [0.1, 0.15) is 0 Å². The molecule has 2 heterocycles. The van der Waals surface area contributed by atoms with E-state index in [9.17, 15) is 4.79 Å². The van der Waals surface area contributed by atoms with Crippen LogP contribution < -0.4 is 5.32 Å². The van der Waals surface area contributed by atoms with Gasteiger partial charge in [0, 0.05) is 30.0 Å². The summed E-state index contributed by atoms with van der Waals surface area (Å²) in [7, 11) is 1.82. The van der Waals surface area contributed by atoms with Crippen molar-refractivity contribution in [2.75, 3.05) is 12.0 Å². The van der Waals surface area contributed by atoms with Crippen LogP contribution in [0.5, 0.6) is 0 Å². The number of aromatic nitrogens is 2. The van der Waals surface area contributed by atoms with Gasteiger partial charge in [-0.3, -0.25) is 14.6 Å². The van der Waals surface area contributed by atoms with Gasteiger partial charge in [-0.25, -0.2) is 4.79 Å². The highest BCUT2D eigenvalue weighted by molar-refractivity contribution is 6.30. The Hall–Kier alpha value is -2.60. The molecule has 1 aliphatic heterocycles. The molecule has 1 aliphatic rings. The number of aliphatic imine (C=N–C) groups is 1. The number of urea groups is 1. The Labute approximate surface area is 132 Å². The van der Waals surface area contributed by atoms with Gasteiger partial charge < -0.3 is 5.32 Å². The van der Waals surface area contributed by atoms with E-state index in [1.54, 1.807) is 35.4 Å². The predicted molar refractivity (Wildman–Crippen MR) is 87.0 cm³/mol. The number of allylic oxidation sites excluding steroid dienone is 1. The SMILES string of the molecule is Cn1ncc(NC(=O)N2C=CC=NC2)c1-c1cccc(Cl)c1. The third kappa shape index (κ3) is 2.87. The summed E-state index contributed by atoms with van der Waals surface area (Å²) in [6, 6.07) is 7.15. The molecule has 0 fully saturated rings. The van der Waals surface area contributed by atoms with Gasteiger partial charge in [0.15, 0.2) is 0 Å². The number of hydrogen-bond donors (Lipinski definition) is 1. The van der Waals surface area contributed by atoms with Gasteiger partial charge in [-0.05, 0) is 18.2 Å². The van der Waals surface area contributed by atoms with Crippen molar-refractivity contribution in [1.29, 1.82) is 0 Å². The lowest BCUT2D eigenvalue weighted by molar-refractivity contribution is 0.229. The van der Waals surface area contributed by atoms with Gasteiger partial charge in [0.25, 0.3) is 0 Å². The average Bonchev–Trinajstić information content (AvgIpc) is 2.89. The summed E-state index contributed by atoms with van der Waals surface area (Å²) < 4.78 is 1.70. The number of benzene rings is 1. The molecule has 7 heteroatoms. The van der Waals surface area contributed by atoms with Crippen LogP contribution in [0.4, 0.5) is 10.5 Å². The fraction of sp³-hybridized carbons (Fsp3) is 0.133. The minimum Gasteiger partial charge on any atom is -0.304 e. The molecular weight excluding hydrogens is 302 g/mol. The third-order valence-electron chi connectivity index (χ3n) is 3.23. The van der Waals surface area contributed by atoms with Crippen molar-refractivity contribution in [2.45, 2.75) is 0 Å². The van der Waals surface area contributed by atoms with Crippen LogP contribution in [0.3, 0.4) is 0 Å². The van der Waals surface area contributed by atoms with Crippen molar-refractivity contribution in [1.82, 2.24) is 14.7 Å². The molecule has 2 amide bonds. The van der Waals surface area contributed by atoms with E-state index >= 15 is 0 Å². The van der Waals surface area contributed by atoms with Gasteiger partial charge in [-0.15, -0.1) is 0 Å². The van der Waals surface area contributed by atoms with Crippen LogP contribution in [0, 0.1) is 0 Å². The maximum atomic E-state index is 12.3. The van der Waals surface area contributed by atoms with Gasteiger partial charge in [0.05, 0.1) is 17.6 Å². The third-order valence-corrected chi connectivity index (χ3v) is 3.47. The topological polar surface area (TPSA) is 62.5 Å². The number of carbonyl (C=O) groups excluding carboxylic acids is 1. The molecule has 0 spiro atoms. The predicted octanol–water partition coefficient (Wildman–Crippen LogP) is 3.13. The fourth-order valence-corrected chi connectivity index (χ4v) is 2.40. The molecule has 1 aromatic heterocycles. The first-order valence-electron chi connectivity index (χ1n) is 6.67. The zero-order valence-electron chi connectivity index (χ0n) is 11.9. The number of carbonyl (C=O) groups is 1. The van der Waals surface area contributed by atoms with E-state index in [1.165, 1.54) is 4.90 Å². The molecule has 0 radical (unpaired) electrons. The molecule has 1 aromatic carbocycles. The molecule has 22 heavy (non-hydrogen) atoms. The van der Waals surface area contributed by atoms with E-state index in [1.807, 2.05) is 25.2 Å². The quantitative estimate of drug-likeness (QED) is 0.925. The highest BCUT2D eigenvalue weighted by Crippen LogP contribution is 2.29. The van der Waals surface area contributed by atoms with E-state index in [2.05, 4.69) is 15.4 Å². The number of nitrogens with one attached hydrogen (secondary N) is 1. The summed E-state index contributed by atoms with van der Waals surface area (Å²) in [5.41, 5.74) is 2.30. The normalized spacial score (nSPS) is 13.5. The number of anilines is 1. The Morgan fingerprint density at radius 3 is 3.00 bits per heavy atom. The Balaban J connectivity index is 1.88. The van der Waals surface area contributed by atoms with Gasteiger partial charge in [0.1, 0.15) is 6.67 Å². The van der Waals surface area contributed by atoms with Crippen LogP contribution in [-0.2, 0) is 7.05 Å². The summed E-state index contributed by atoms with van der Waals surface area (Å²) >= 11 is 6.04. The Kier molecular flexibility index (Phi) is 3.93. The second kappa shape index (κ2) is 6.03. The molecule has 112 valence electrons. The van der Waals surface area contributed by atoms with Gasteiger partial charge in [-0.2, -0.15) is 5.10 Å². The molecule has 0 saturated heterocycles. The highest BCUT2D eigenvalue weighted by atomic mass is 35.5. The summed E-state index contributed by atoms with van der Waals surface area (Å²) in [4.78, 5) is 17.8. The fourth-order valence-electron chi connectivity index (χ4n) is 2.21. The van der Waals surface area contributed by atoms with Gasteiger partial charge in [0.2, 0.25) is 0 Å². The average molecular weight is 316 g/mol. The van der Waals surface area contributed by atoms with Crippen molar-refractivity contribution in [3.63, 3.8) is 0 Å². The monoisotopic (exact) mass is 315 g/mol.